The normalized spacial score (nSPS) is 18.3. The molecule has 1 fully saturated rings. The standard InChI is InChI=1S/C22H21F3N6O2/c1-29-16-5-4-15(9-14(16)10-27-29)28-20-19-13(6-7-26-20)11-30(21(19)33)12-18(32)31-8-2-3-17(31)22(23,24)25/h4-7,9-10,17H,2-3,8,11-12H2,1H3,(H,26,28)/t17-/m0/s1. The van der Waals surface area contributed by atoms with Gasteiger partial charge in [-0.2, -0.15) is 18.3 Å². The van der Waals surface area contributed by atoms with Crippen LogP contribution >= 0.6 is 0 Å². The quantitative estimate of drug-likeness (QED) is 0.649. The third-order valence-corrected chi connectivity index (χ3v) is 6.19. The van der Waals surface area contributed by atoms with Gasteiger partial charge in [-0.25, -0.2) is 4.98 Å². The minimum Gasteiger partial charge on any atom is -0.340 e. The molecule has 2 aliphatic heterocycles. The largest absolute Gasteiger partial charge is 0.408 e. The van der Waals surface area contributed by atoms with Crippen molar-refractivity contribution in [2.45, 2.75) is 31.6 Å². The van der Waals surface area contributed by atoms with E-state index in [-0.39, 0.29) is 19.5 Å². The molecule has 1 aromatic carbocycles. The van der Waals surface area contributed by atoms with Crippen LogP contribution in [0.2, 0.25) is 0 Å². The number of aryl methyl sites for hydroxylation is 1. The Balaban J connectivity index is 1.34. The summed E-state index contributed by atoms with van der Waals surface area (Å²) in [5, 5.41) is 8.28. The van der Waals surface area contributed by atoms with Gasteiger partial charge in [0.25, 0.3) is 5.91 Å². The van der Waals surface area contributed by atoms with Crippen molar-refractivity contribution in [1.82, 2.24) is 24.6 Å². The third kappa shape index (κ3) is 3.77. The number of hydrogen-bond donors (Lipinski definition) is 1. The van der Waals surface area contributed by atoms with Gasteiger partial charge in [0.2, 0.25) is 5.91 Å². The van der Waals surface area contributed by atoms with Gasteiger partial charge in [-0.3, -0.25) is 14.3 Å². The molecule has 0 spiro atoms. The predicted octanol–water partition coefficient (Wildman–Crippen LogP) is 3.22. The van der Waals surface area contributed by atoms with Crippen molar-refractivity contribution >= 4 is 34.2 Å². The van der Waals surface area contributed by atoms with Crippen molar-refractivity contribution < 1.29 is 22.8 Å². The van der Waals surface area contributed by atoms with E-state index in [4.69, 9.17) is 0 Å². The molecular formula is C22H21F3N6O2. The lowest BCUT2D eigenvalue weighted by Crippen LogP contribution is -2.48. The lowest BCUT2D eigenvalue weighted by atomic mass is 10.1. The maximum absolute atomic E-state index is 13.2. The summed E-state index contributed by atoms with van der Waals surface area (Å²) >= 11 is 0. The van der Waals surface area contributed by atoms with Crippen LogP contribution in [0.15, 0.2) is 36.7 Å². The lowest BCUT2D eigenvalue weighted by Gasteiger charge is -2.28. The molecule has 2 aliphatic rings. The van der Waals surface area contributed by atoms with E-state index in [2.05, 4.69) is 15.4 Å². The minimum absolute atomic E-state index is 0.0448. The Labute approximate surface area is 187 Å². The summed E-state index contributed by atoms with van der Waals surface area (Å²) < 4.78 is 41.5. The molecule has 4 heterocycles. The monoisotopic (exact) mass is 458 g/mol. The molecule has 2 amide bonds. The number of rotatable bonds is 4. The number of benzene rings is 1. The minimum atomic E-state index is -4.47. The van der Waals surface area contributed by atoms with Crippen molar-refractivity contribution in [2.24, 2.45) is 7.05 Å². The van der Waals surface area contributed by atoms with Gasteiger partial charge < -0.3 is 15.1 Å². The van der Waals surface area contributed by atoms with Crippen molar-refractivity contribution in [3.63, 3.8) is 0 Å². The number of aromatic nitrogens is 3. The fourth-order valence-electron chi connectivity index (χ4n) is 4.57. The van der Waals surface area contributed by atoms with Crippen molar-refractivity contribution in [3.05, 3.63) is 47.8 Å². The number of alkyl halides is 3. The summed E-state index contributed by atoms with van der Waals surface area (Å²) in [6, 6.07) is 5.52. The molecule has 1 saturated heterocycles. The van der Waals surface area contributed by atoms with E-state index < -0.39 is 30.6 Å². The number of pyridine rings is 1. The first-order valence-corrected chi connectivity index (χ1v) is 10.5. The molecule has 11 heteroatoms. The average Bonchev–Trinajstić information content (AvgIpc) is 3.47. The van der Waals surface area contributed by atoms with Gasteiger partial charge in [0.05, 0.1) is 17.3 Å². The number of carbonyl (C=O) groups excluding carboxylic acids is 2. The molecule has 2 aromatic heterocycles. The van der Waals surface area contributed by atoms with Crippen LogP contribution in [0, 0.1) is 0 Å². The van der Waals surface area contributed by atoms with E-state index in [1.54, 1.807) is 23.1 Å². The molecule has 0 saturated carbocycles. The van der Waals surface area contributed by atoms with Gasteiger partial charge in [0, 0.05) is 37.4 Å². The molecule has 0 radical (unpaired) electrons. The van der Waals surface area contributed by atoms with Crippen molar-refractivity contribution in [2.75, 3.05) is 18.4 Å². The lowest BCUT2D eigenvalue weighted by molar-refractivity contribution is -0.182. The Hall–Kier alpha value is -3.63. The van der Waals surface area contributed by atoms with Crippen LogP contribution < -0.4 is 5.32 Å². The fourth-order valence-corrected chi connectivity index (χ4v) is 4.57. The number of anilines is 2. The molecular weight excluding hydrogens is 437 g/mol. The smallest absolute Gasteiger partial charge is 0.340 e. The average molecular weight is 458 g/mol. The van der Waals surface area contributed by atoms with Crippen LogP contribution in [-0.4, -0.2) is 61.7 Å². The third-order valence-electron chi connectivity index (χ3n) is 6.19. The molecule has 0 aliphatic carbocycles. The number of carbonyl (C=O) groups is 2. The summed E-state index contributed by atoms with van der Waals surface area (Å²) in [7, 11) is 1.84. The summed E-state index contributed by atoms with van der Waals surface area (Å²) in [4.78, 5) is 32.2. The molecule has 1 N–H and O–H groups in total. The molecule has 5 rings (SSSR count). The Morgan fingerprint density at radius 1 is 1.27 bits per heavy atom. The van der Waals surface area contributed by atoms with E-state index in [1.807, 2.05) is 25.2 Å². The van der Waals surface area contributed by atoms with Gasteiger partial charge >= 0.3 is 6.18 Å². The topological polar surface area (TPSA) is 83.4 Å². The van der Waals surface area contributed by atoms with E-state index in [1.165, 1.54) is 4.90 Å². The second-order valence-electron chi connectivity index (χ2n) is 8.31. The van der Waals surface area contributed by atoms with E-state index in [0.29, 0.717) is 29.1 Å². The molecule has 1 atom stereocenters. The van der Waals surface area contributed by atoms with Crippen molar-refractivity contribution in [3.8, 4) is 0 Å². The van der Waals surface area contributed by atoms with Gasteiger partial charge in [-0.15, -0.1) is 0 Å². The second-order valence-corrected chi connectivity index (χ2v) is 8.31. The number of likely N-dealkylation sites (tertiary alicyclic amines) is 1. The van der Waals surface area contributed by atoms with Crippen LogP contribution in [0.4, 0.5) is 24.7 Å². The number of nitrogens with one attached hydrogen (secondary N) is 1. The molecule has 172 valence electrons. The zero-order valence-electron chi connectivity index (χ0n) is 17.8. The Morgan fingerprint density at radius 3 is 2.88 bits per heavy atom. The molecule has 3 aromatic rings. The predicted molar refractivity (Wildman–Crippen MR) is 114 cm³/mol. The summed E-state index contributed by atoms with van der Waals surface area (Å²) in [5.41, 5.74) is 2.65. The Bertz CT molecular complexity index is 1250. The molecule has 0 unspecified atom stereocenters. The van der Waals surface area contributed by atoms with Gasteiger partial charge in [0.15, 0.2) is 0 Å². The zero-order chi connectivity index (χ0) is 23.3. The SMILES string of the molecule is Cn1ncc2cc(Nc3nccc4c3C(=O)N(CC(=O)N3CCC[C@H]3C(F)(F)F)C4)ccc21. The summed E-state index contributed by atoms with van der Waals surface area (Å²) in [6.45, 7) is -0.215. The highest BCUT2D eigenvalue weighted by Crippen LogP contribution is 2.34. The maximum Gasteiger partial charge on any atom is 0.408 e. The van der Waals surface area contributed by atoms with E-state index in [0.717, 1.165) is 15.8 Å². The number of nitrogens with zero attached hydrogens (tertiary/aromatic N) is 5. The first-order chi connectivity index (χ1) is 15.7. The van der Waals surface area contributed by atoms with Crippen LogP contribution in [0.1, 0.15) is 28.8 Å². The first kappa shape index (κ1) is 21.2. The number of fused-ring (bicyclic) bond motifs is 2. The van der Waals surface area contributed by atoms with Crippen LogP contribution in [0.3, 0.4) is 0 Å². The van der Waals surface area contributed by atoms with Gasteiger partial charge in [-0.05, 0) is 42.7 Å². The van der Waals surface area contributed by atoms with Gasteiger partial charge in [-0.1, -0.05) is 0 Å². The first-order valence-electron chi connectivity index (χ1n) is 10.5. The van der Waals surface area contributed by atoms with E-state index >= 15 is 0 Å². The maximum atomic E-state index is 13.2. The Kier molecular flexibility index (Phi) is 4.98. The zero-order valence-corrected chi connectivity index (χ0v) is 17.8. The van der Waals surface area contributed by atoms with Crippen LogP contribution in [-0.2, 0) is 18.4 Å². The highest BCUT2D eigenvalue weighted by molar-refractivity contribution is 6.04. The molecule has 8 nitrogen and oxygen atoms in total. The highest BCUT2D eigenvalue weighted by Gasteiger charge is 2.48. The molecule has 33 heavy (non-hydrogen) atoms. The van der Waals surface area contributed by atoms with Crippen LogP contribution in [0.25, 0.3) is 10.9 Å². The highest BCUT2D eigenvalue weighted by atomic mass is 19.4. The number of halogens is 3. The second kappa shape index (κ2) is 7.75. The fraction of sp³-hybridized carbons (Fsp3) is 0.364. The number of hydrogen-bond acceptors (Lipinski definition) is 5. The summed E-state index contributed by atoms with van der Waals surface area (Å²) in [6.07, 6.45) is -0.997. The van der Waals surface area contributed by atoms with E-state index in [9.17, 15) is 22.8 Å². The number of amides is 2. The van der Waals surface area contributed by atoms with Crippen LogP contribution in [0.5, 0.6) is 0 Å². The summed E-state index contributed by atoms with van der Waals surface area (Å²) in [5.74, 6) is -0.787. The molecule has 0 bridgehead atoms. The van der Waals surface area contributed by atoms with Crippen molar-refractivity contribution in [1.29, 1.82) is 0 Å². The van der Waals surface area contributed by atoms with Gasteiger partial charge in [0.1, 0.15) is 18.4 Å². The Morgan fingerprint density at radius 2 is 2.09 bits per heavy atom.